The third-order valence-corrected chi connectivity index (χ3v) is 3.86. The van der Waals surface area contributed by atoms with Crippen LogP contribution in [0.3, 0.4) is 0 Å². The predicted octanol–water partition coefficient (Wildman–Crippen LogP) is -4.00. The van der Waals surface area contributed by atoms with Crippen LogP contribution >= 0.6 is 0 Å². The molecule has 0 aromatic heterocycles. The molecule has 0 aromatic carbocycles. The number of rotatable bonds is 14. The SMILES string of the molecule is CC(NC(=O)C(CCC(=O)O)NC(=O)C(N)CO)C(=O)NC(CCC(N)=O)C(=O)O. The van der Waals surface area contributed by atoms with E-state index in [4.69, 9.17) is 26.8 Å². The summed E-state index contributed by atoms with van der Waals surface area (Å²) in [5, 5.41) is 33.3. The molecule has 14 nitrogen and oxygen atoms in total. The molecule has 0 heterocycles. The molecule has 4 atom stereocenters. The van der Waals surface area contributed by atoms with E-state index in [1.165, 1.54) is 6.92 Å². The molecule has 0 aliphatic carbocycles. The van der Waals surface area contributed by atoms with E-state index in [0.717, 1.165) is 0 Å². The Kier molecular flexibility index (Phi) is 11.6. The normalized spacial score (nSPS) is 14.5. The fourth-order valence-electron chi connectivity index (χ4n) is 2.12. The van der Waals surface area contributed by atoms with Crippen molar-refractivity contribution in [2.45, 2.75) is 56.8 Å². The molecule has 0 rings (SSSR count). The number of aliphatic carboxylic acids is 2. The van der Waals surface area contributed by atoms with E-state index in [-0.39, 0.29) is 19.3 Å². The molecule has 0 aliphatic heterocycles. The van der Waals surface area contributed by atoms with Crippen LogP contribution < -0.4 is 27.4 Å². The lowest BCUT2D eigenvalue weighted by molar-refractivity contribution is -0.142. The van der Waals surface area contributed by atoms with Gasteiger partial charge >= 0.3 is 11.9 Å². The maximum Gasteiger partial charge on any atom is 0.326 e. The first-order valence-corrected chi connectivity index (χ1v) is 8.89. The van der Waals surface area contributed by atoms with Crippen molar-refractivity contribution in [1.29, 1.82) is 0 Å². The van der Waals surface area contributed by atoms with Crippen LogP contribution in [0.4, 0.5) is 0 Å². The number of primary amides is 1. The minimum Gasteiger partial charge on any atom is -0.481 e. The third-order valence-electron chi connectivity index (χ3n) is 3.86. The smallest absolute Gasteiger partial charge is 0.326 e. The number of hydrogen-bond acceptors (Lipinski definition) is 8. The molecule has 0 bridgehead atoms. The van der Waals surface area contributed by atoms with Crippen LogP contribution in [0, 0.1) is 0 Å². The number of carbonyl (C=O) groups excluding carboxylic acids is 4. The Hall–Kier alpha value is -3.26. The Labute approximate surface area is 171 Å². The van der Waals surface area contributed by atoms with Gasteiger partial charge in [-0.1, -0.05) is 0 Å². The van der Waals surface area contributed by atoms with Crippen LogP contribution in [0.25, 0.3) is 0 Å². The lowest BCUT2D eigenvalue weighted by Gasteiger charge is -2.23. The molecule has 14 heteroatoms. The van der Waals surface area contributed by atoms with E-state index < -0.39 is 72.8 Å². The van der Waals surface area contributed by atoms with Gasteiger partial charge in [-0.2, -0.15) is 0 Å². The second-order valence-corrected chi connectivity index (χ2v) is 6.42. The van der Waals surface area contributed by atoms with Crippen molar-refractivity contribution in [2.24, 2.45) is 11.5 Å². The van der Waals surface area contributed by atoms with E-state index in [1.54, 1.807) is 0 Å². The zero-order valence-electron chi connectivity index (χ0n) is 16.3. The van der Waals surface area contributed by atoms with Gasteiger partial charge in [-0.25, -0.2) is 4.79 Å². The van der Waals surface area contributed by atoms with Crippen molar-refractivity contribution < 1.29 is 44.1 Å². The molecule has 0 aromatic rings. The molecule has 4 unspecified atom stereocenters. The van der Waals surface area contributed by atoms with Gasteiger partial charge in [0.2, 0.25) is 23.6 Å². The quantitative estimate of drug-likeness (QED) is 0.132. The second kappa shape index (κ2) is 13.1. The minimum atomic E-state index is -1.42. The van der Waals surface area contributed by atoms with Crippen molar-refractivity contribution >= 4 is 35.6 Å². The van der Waals surface area contributed by atoms with Gasteiger partial charge in [-0.15, -0.1) is 0 Å². The first-order chi connectivity index (χ1) is 13.9. The zero-order valence-corrected chi connectivity index (χ0v) is 16.3. The summed E-state index contributed by atoms with van der Waals surface area (Å²) in [4.78, 5) is 69.1. The molecule has 0 saturated heterocycles. The fourth-order valence-corrected chi connectivity index (χ4v) is 2.12. The molecule has 0 spiro atoms. The first-order valence-electron chi connectivity index (χ1n) is 8.89. The predicted molar refractivity (Wildman–Crippen MR) is 99.5 cm³/mol. The van der Waals surface area contributed by atoms with Gasteiger partial charge in [0.05, 0.1) is 6.61 Å². The summed E-state index contributed by atoms with van der Waals surface area (Å²) in [6.07, 6.45) is -1.35. The summed E-state index contributed by atoms with van der Waals surface area (Å²) >= 11 is 0. The Morgan fingerprint density at radius 2 is 1.37 bits per heavy atom. The summed E-state index contributed by atoms with van der Waals surface area (Å²) in [5.41, 5.74) is 10.3. The molecular weight excluding hydrogens is 406 g/mol. The number of carboxylic acid groups (broad SMARTS) is 2. The monoisotopic (exact) mass is 433 g/mol. The summed E-state index contributed by atoms with van der Waals surface area (Å²) in [6, 6.07) is -5.39. The second-order valence-electron chi connectivity index (χ2n) is 6.42. The molecule has 170 valence electrons. The minimum absolute atomic E-state index is 0.257. The van der Waals surface area contributed by atoms with Crippen LogP contribution in [0.2, 0.25) is 0 Å². The van der Waals surface area contributed by atoms with Crippen molar-refractivity contribution in [1.82, 2.24) is 16.0 Å². The van der Waals surface area contributed by atoms with Gasteiger partial charge in [-0.3, -0.25) is 24.0 Å². The van der Waals surface area contributed by atoms with Gasteiger partial charge in [0, 0.05) is 12.8 Å². The number of carbonyl (C=O) groups is 6. The number of aliphatic hydroxyl groups is 1. The van der Waals surface area contributed by atoms with E-state index in [9.17, 15) is 28.8 Å². The van der Waals surface area contributed by atoms with E-state index in [0.29, 0.717) is 0 Å². The van der Waals surface area contributed by atoms with Gasteiger partial charge in [0.1, 0.15) is 24.2 Å². The maximum absolute atomic E-state index is 12.4. The molecular formula is C16H27N5O9. The highest BCUT2D eigenvalue weighted by Gasteiger charge is 2.28. The van der Waals surface area contributed by atoms with Crippen LogP contribution in [0.5, 0.6) is 0 Å². The summed E-state index contributed by atoms with van der Waals surface area (Å²) in [6.45, 7) is 0.523. The third kappa shape index (κ3) is 10.3. The Morgan fingerprint density at radius 1 is 0.833 bits per heavy atom. The summed E-state index contributed by atoms with van der Waals surface area (Å²) in [5.74, 6) is -6.12. The molecule has 10 N–H and O–H groups in total. The zero-order chi connectivity index (χ0) is 23.4. The van der Waals surface area contributed by atoms with E-state index in [2.05, 4.69) is 16.0 Å². The number of nitrogens with two attached hydrogens (primary N) is 2. The van der Waals surface area contributed by atoms with Crippen LogP contribution in [0.1, 0.15) is 32.6 Å². The summed E-state index contributed by atoms with van der Waals surface area (Å²) in [7, 11) is 0. The van der Waals surface area contributed by atoms with Gasteiger partial charge in [0.25, 0.3) is 0 Å². The Balaban J connectivity index is 5.05. The van der Waals surface area contributed by atoms with Crippen LogP contribution in [-0.2, 0) is 28.8 Å². The van der Waals surface area contributed by atoms with Crippen molar-refractivity contribution in [3.05, 3.63) is 0 Å². The Morgan fingerprint density at radius 3 is 1.83 bits per heavy atom. The average molecular weight is 433 g/mol. The number of carboxylic acids is 2. The number of amides is 4. The van der Waals surface area contributed by atoms with Crippen LogP contribution in [0.15, 0.2) is 0 Å². The van der Waals surface area contributed by atoms with Crippen molar-refractivity contribution in [2.75, 3.05) is 6.61 Å². The Bertz CT molecular complexity index is 669. The van der Waals surface area contributed by atoms with Gasteiger partial charge in [0.15, 0.2) is 0 Å². The molecule has 0 fully saturated rings. The highest BCUT2D eigenvalue weighted by molar-refractivity contribution is 5.94. The molecule has 0 radical (unpaired) electrons. The first kappa shape index (κ1) is 26.7. The lowest BCUT2D eigenvalue weighted by atomic mass is 10.1. The molecule has 30 heavy (non-hydrogen) atoms. The largest absolute Gasteiger partial charge is 0.481 e. The number of aliphatic hydroxyl groups excluding tert-OH is 1. The number of hydrogen-bond donors (Lipinski definition) is 8. The topological polar surface area (TPSA) is 251 Å². The summed E-state index contributed by atoms with van der Waals surface area (Å²) < 4.78 is 0. The highest BCUT2D eigenvalue weighted by Crippen LogP contribution is 2.02. The van der Waals surface area contributed by atoms with Gasteiger partial charge < -0.3 is 42.7 Å². The standard InChI is InChI=1S/C16H27N5O9/c1-7(13(26)21-10(16(29)30)2-4-11(18)23)19-15(28)9(3-5-12(24)25)20-14(27)8(17)6-22/h7-10,22H,2-6,17H2,1H3,(H2,18,23)(H,19,28)(H,20,27)(H,21,26)(H,24,25)(H,29,30). The van der Waals surface area contributed by atoms with E-state index >= 15 is 0 Å². The molecule has 4 amide bonds. The maximum atomic E-state index is 12.4. The highest BCUT2D eigenvalue weighted by atomic mass is 16.4. The molecule has 0 saturated carbocycles. The average Bonchev–Trinajstić information content (AvgIpc) is 2.66. The number of nitrogens with one attached hydrogen (secondary N) is 3. The molecule has 0 aliphatic rings. The van der Waals surface area contributed by atoms with Crippen LogP contribution in [-0.4, -0.2) is 81.7 Å². The van der Waals surface area contributed by atoms with Gasteiger partial charge in [-0.05, 0) is 19.8 Å². The lowest BCUT2D eigenvalue weighted by Crippen LogP contribution is -2.56. The van der Waals surface area contributed by atoms with E-state index in [1.807, 2.05) is 0 Å². The fraction of sp³-hybridized carbons (Fsp3) is 0.625. The van der Waals surface area contributed by atoms with Crippen molar-refractivity contribution in [3.8, 4) is 0 Å². The van der Waals surface area contributed by atoms with Crippen molar-refractivity contribution in [3.63, 3.8) is 0 Å².